The van der Waals surface area contributed by atoms with Crippen molar-refractivity contribution < 1.29 is 26.8 Å². The molecule has 10 heteroatoms. The predicted octanol–water partition coefficient (Wildman–Crippen LogP) is 5.25. The number of nitrogens with zero attached hydrogens (tertiary/aromatic N) is 2. The number of hydrogen-bond donors (Lipinski definition) is 0. The Labute approximate surface area is 215 Å². The molecule has 1 atom stereocenters. The van der Waals surface area contributed by atoms with E-state index >= 15 is 0 Å². The zero-order chi connectivity index (χ0) is 27.1. The van der Waals surface area contributed by atoms with E-state index in [4.69, 9.17) is 9.16 Å². The van der Waals surface area contributed by atoms with Crippen molar-refractivity contribution in [1.29, 1.82) is 0 Å². The molecule has 1 unspecified atom stereocenters. The van der Waals surface area contributed by atoms with Gasteiger partial charge >= 0.3 is 5.97 Å². The molecule has 0 fully saturated rings. The van der Waals surface area contributed by atoms with Gasteiger partial charge in [-0.1, -0.05) is 20.8 Å². The van der Waals surface area contributed by atoms with Crippen LogP contribution in [-0.4, -0.2) is 45.9 Å². The second-order valence-electron chi connectivity index (χ2n) is 11.8. The number of aromatic nitrogens is 1. The lowest BCUT2D eigenvalue weighted by molar-refractivity contribution is -0.153. The molecule has 0 aliphatic carbocycles. The summed E-state index contributed by atoms with van der Waals surface area (Å²) in [6.07, 6.45) is 1.61. The number of carbonyl (C=O) groups excluding carboxylic acids is 1. The van der Waals surface area contributed by atoms with E-state index in [2.05, 4.69) is 38.8 Å². The third-order valence-corrected chi connectivity index (χ3v) is 12.8. The SMILES string of the molecule is CC(C)(C)OC(=O)Cc1cnc2c(c1)N(S(=O)(=O)c1ccc(F)cc1)CC(O[Si](C)(C)C(C)(C)C)C2. The maximum Gasteiger partial charge on any atom is 0.310 e. The molecular weight excluding hydrogens is 499 g/mol. The zero-order valence-electron chi connectivity index (χ0n) is 22.4. The number of rotatable bonds is 6. The highest BCUT2D eigenvalue weighted by Gasteiger charge is 2.42. The fourth-order valence-electron chi connectivity index (χ4n) is 3.73. The molecule has 0 N–H and O–H groups in total. The van der Waals surface area contributed by atoms with E-state index in [1.54, 1.807) is 33.0 Å². The summed E-state index contributed by atoms with van der Waals surface area (Å²) in [6.45, 7) is 16.1. The monoisotopic (exact) mass is 536 g/mol. The predicted molar refractivity (Wildman–Crippen MR) is 140 cm³/mol. The molecule has 1 aromatic heterocycles. The molecular formula is C26H37FN2O5SSi. The highest BCUT2D eigenvalue weighted by Crippen LogP contribution is 2.40. The Morgan fingerprint density at radius 1 is 1.14 bits per heavy atom. The number of hydrogen-bond acceptors (Lipinski definition) is 6. The second-order valence-corrected chi connectivity index (χ2v) is 18.4. The molecule has 1 aliphatic heterocycles. The Bertz CT molecular complexity index is 1220. The van der Waals surface area contributed by atoms with E-state index in [0.717, 1.165) is 12.1 Å². The van der Waals surface area contributed by atoms with Crippen molar-refractivity contribution in [3.05, 3.63) is 53.6 Å². The normalized spacial score (nSPS) is 17.0. The van der Waals surface area contributed by atoms with Gasteiger partial charge in [-0.3, -0.25) is 14.1 Å². The van der Waals surface area contributed by atoms with Crippen LogP contribution < -0.4 is 4.31 Å². The number of halogens is 1. The van der Waals surface area contributed by atoms with Crippen LogP contribution in [-0.2, 0) is 36.8 Å². The average Bonchev–Trinajstić information content (AvgIpc) is 2.71. The highest BCUT2D eigenvalue weighted by atomic mass is 32.2. The molecule has 0 spiro atoms. The number of esters is 1. The first-order valence-electron chi connectivity index (χ1n) is 12.0. The summed E-state index contributed by atoms with van der Waals surface area (Å²) in [4.78, 5) is 16.9. The second kappa shape index (κ2) is 9.87. The van der Waals surface area contributed by atoms with E-state index in [-0.39, 0.29) is 22.9 Å². The van der Waals surface area contributed by atoms with Crippen LogP contribution in [0.3, 0.4) is 0 Å². The number of benzene rings is 1. The lowest BCUT2D eigenvalue weighted by Crippen LogP contribution is -2.51. The van der Waals surface area contributed by atoms with Gasteiger partial charge in [-0.15, -0.1) is 0 Å². The van der Waals surface area contributed by atoms with Crippen LogP contribution in [0.5, 0.6) is 0 Å². The van der Waals surface area contributed by atoms with Gasteiger partial charge in [0, 0.05) is 12.6 Å². The molecule has 7 nitrogen and oxygen atoms in total. The molecule has 2 heterocycles. The molecule has 1 aliphatic rings. The van der Waals surface area contributed by atoms with Gasteiger partial charge in [-0.05, 0) is 74.8 Å². The quantitative estimate of drug-likeness (QED) is 0.370. The van der Waals surface area contributed by atoms with Crippen molar-refractivity contribution >= 4 is 30.0 Å². The first-order chi connectivity index (χ1) is 16.4. The lowest BCUT2D eigenvalue weighted by atomic mass is 10.0. The summed E-state index contributed by atoms with van der Waals surface area (Å²) in [5.74, 6) is -0.944. The number of anilines is 1. The Morgan fingerprint density at radius 3 is 2.31 bits per heavy atom. The van der Waals surface area contributed by atoms with Crippen molar-refractivity contribution in [2.45, 2.75) is 89.1 Å². The summed E-state index contributed by atoms with van der Waals surface area (Å²) >= 11 is 0. The van der Waals surface area contributed by atoms with Crippen molar-refractivity contribution in [2.24, 2.45) is 0 Å². The molecule has 0 amide bonds. The van der Waals surface area contributed by atoms with Crippen molar-refractivity contribution in [3.8, 4) is 0 Å². The van der Waals surface area contributed by atoms with Gasteiger partial charge in [0.2, 0.25) is 0 Å². The molecule has 198 valence electrons. The minimum absolute atomic E-state index is 0.0274. The van der Waals surface area contributed by atoms with Gasteiger partial charge in [-0.25, -0.2) is 12.8 Å². The van der Waals surface area contributed by atoms with Crippen LogP contribution in [0.4, 0.5) is 10.1 Å². The van der Waals surface area contributed by atoms with Crippen LogP contribution in [0.2, 0.25) is 18.1 Å². The number of pyridine rings is 1. The topological polar surface area (TPSA) is 85.8 Å². The van der Waals surface area contributed by atoms with Gasteiger partial charge < -0.3 is 9.16 Å². The summed E-state index contributed by atoms with van der Waals surface area (Å²) < 4.78 is 54.3. The van der Waals surface area contributed by atoms with Gasteiger partial charge in [0.15, 0.2) is 8.32 Å². The largest absolute Gasteiger partial charge is 0.460 e. The summed E-state index contributed by atoms with van der Waals surface area (Å²) in [5, 5.41) is -0.0569. The molecule has 3 rings (SSSR count). The van der Waals surface area contributed by atoms with Crippen molar-refractivity contribution in [1.82, 2.24) is 4.98 Å². The molecule has 36 heavy (non-hydrogen) atoms. The van der Waals surface area contributed by atoms with Crippen molar-refractivity contribution in [2.75, 3.05) is 10.8 Å². The molecule has 2 aromatic rings. The first kappa shape index (κ1) is 28.3. The van der Waals surface area contributed by atoms with E-state index < -0.39 is 41.8 Å². The van der Waals surface area contributed by atoms with E-state index in [0.29, 0.717) is 23.4 Å². The molecule has 0 radical (unpaired) electrons. The molecule has 1 aromatic carbocycles. The van der Waals surface area contributed by atoms with Crippen LogP contribution in [0.1, 0.15) is 52.8 Å². The number of ether oxygens (including phenoxy) is 1. The highest BCUT2D eigenvalue weighted by molar-refractivity contribution is 7.92. The molecule has 0 saturated heterocycles. The van der Waals surface area contributed by atoms with Crippen LogP contribution in [0, 0.1) is 5.82 Å². The summed E-state index contributed by atoms with van der Waals surface area (Å²) in [5.41, 5.74) is 0.885. The van der Waals surface area contributed by atoms with Gasteiger partial charge in [0.25, 0.3) is 10.0 Å². The Kier molecular flexibility index (Phi) is 7.75. The summed E-state index contributed by atoms with van der Waals surface area (Å²) in [7, 11) is -6.25. The molecule has 0 saturated carbocycles. The number of sulfonamides is 1. The fourth-order valence-corrected chi connectivity index (χ4v) is 6.59. The number of fused-ring (bicyclic) bond motifs is 1. The maximum atomic E-state index is 13.7. The number of carbonyl (C=O) groups is 1. The average molecular weight is 537 g/mol. The summed E-state index contributed by atoms with van der Waals surface area (Å²) in [6, 6.07) is 6.42. The van der Waals surface area contributed by atoms with Gasteiger partial charge in [0.1, 0.15) is 11.4 Å². The van der Waals surface area contributed by atoms with Crippen LogP contribution in [0.25, 0.3) is 0 Å². The third kappa shape index (κ3) is 6.52. The first-order valence-corrected chi connectivity index (χ1v) is 16.4. The Balaban J connectivity index is 2.02. The fraction of sp³-hybridized carbons (Fsp3) is 0.538. The van der Waals surface area contributed by atoms with E-state index in [1.165, 1.54) is 16.4 Å². The Morgan fingerprint density at radius 2 is 1.75 bits per heavy atom. The van der Waals surface area contributed by atoms with Gasteiger partial charge in [-0.2, -0.15) is 0 Å². The van der Waals surface area contributed by atoms with Crippen LogP contribution in [0.15, 0.2) is 41.4 Å². The smallest absolute Gasteiger partial charge is 0.310 e. The van der Waals surface area contributed by atoms with Gasteiger partial charge in [0.05, 0.1) is 35.3 Å². The zero-order valence-corrected chi connectivity index (χ0v) is 24.2. The minimum Gasteiger partial charge on any atom is -0.460 e. The third-order valence-electron chi connectivity index (χ3n) is 6.50. The lowest BCUT2D eigenvalue weighted by Gasteiger charge is -2.42. The minimum atomic E-state index is -4.04. The van der Waals surface area contributed by atoms with Crippen molar-refractivity contribution in [3.63, 3.8) is 0 Å². The van der Waals surface area contributed by atoms with E-state index in [1.807, 2.05) is 0 Å². The maximum absolute atomic E-state index is 13.7. The standard InChI is InChI=1S/C26H37FN2O5SSi/c1-25(2,3)33-24(30)14-18-13-23-22(28-16-18)15-20(34-36(7,8)26(4,5)6)17-29(23)35(31,32)21-11-9-19(27)10-12-21/h9-13,16,20H,14-15,17H2,1-8H3. The van der Waals surface area contributed by atoms with Crippen LogP contribution >= 0.6 is 0 Å². The van der Waals surface area contributed by atoms with E-state index in [9.17, 15) is 17.6 Å². The Hall–Kier alpha value is -2.30. The molecule has 0 bridgehead atoms.